The molecule has 0 radical (unpaired) electrons. The van der Waals surface area contributed by atoms with Gasteiger partial charge in [-0.3, -0.25) is 0 Å². The van der Waals surface area contributed by atoms with Crippen molar-refractivity contribution >= 4 is 45.5 Å². The summed E-state index contributed by atoms with van der Waals surface area (Å²) in [5.74, 6) is 1.10. The van der Waals surface area contributed by atoms with Crippen LogP contribution in [0.3, 0.4) is 0 Å². The predicted octanol–water partition coefficient (Wildman–Crippen LogP) is 4.84. The van der Waals surface area contributed by atoms with Gasteiger partial charge in [0.05, 0.1) is 16.8 Å². The van der Waals surface area contributed by atoms with Crippen molar-refractivity contribution in [2.75, 3.05) is 17.6 Å². The third-order valence-corrected chi connectivity index (χ3v) is 6.22. The molecule has 5 aromatic rings. The zero-order valence-corrected chi connectivity index (χ0v) is 17.1. The highest BCUT2D eigenvalue weighted by Crippen LogP contribution is 2.33. The van der Waals surface area contributed by atoms with E-state index in [-0.39, 0.29) is 0 Å². The number of thiophene rings is 2. The summed E-state index contributed by atoms with van der Waals surface area (Å²) in [6, 6.07) is 16.1. The topological polar surface area (TPSA) is 81.7 Å². The fourth-order valence-electron chi connectivity index (χ4n) is 3.22. The first-order chi connectivity index (χ1) is 14.3. The Kier molecular flexibility index (Phi) is 4.71. The van der Waals surface area contributed by atoms with E-state index in [9.17, 15) is 0 Å². The second kappa shape index (κ2) is 7.65. The van der Waals surface area contributed by atoms with Crippen LogP contribution in [0.15, 0.2) is 64.7 Å². The van der Waals surface area contributed by atoms with Gasteiger partial charge in [-0.25, -0.2) is 9.67 Å². The van der Waals surface area contributed by atoms with Gasteiger partial charge in [-0.2, -0.15) is 16.3 Å². The molecule has 6 nitrogen and oxygen atoms in total. The van der Waals surface area contributed by atoms with Crippen molar-refractivity contribution in [3.05, 3.63) is 69.5 Å². The summed E-state index contributed by atoms with van der Waals surface area (Å²) in [5, 5.41) is 15.0. The first kappa shape index (κ1) is 17.8. The van der Waals surface area contributed by atoms with Crippen molar-refractivity contribution in [1.29, 1.82) is 0 Å². The van der Waals surface area contributed by atoms with Crippen molar-refractivity contribution < 1.29 is 0 Å². The largest absolute Gasteiger partial charge is 0.383 e. The minimum Gasteiger partial charge on any atom is -0.383 e. The average molecular weight is 419 g/mol. The number of nitrogens with two attached hydrogens (primary N) is 1. The minimum atomic E-state index is 0.539. The number of aromatic nitrogens is 4. The van der Waals surface area contributed by atoms with Crippen molar-refractivity contribution in [2.24, 2.45) is 0 Å². The molecule has 4 heterocycles. The third kappa shape index (κ3) is 3.48. The molecule has 0 fully saturated rings. The van der Waals surface area contributed by atoms with Gasteiger partial charge < -0.3 is 11.1 Å². The highest BCUT2D eigenvalue weighted by atomic mass is 32.1. The van der Waals surface area contributed by atoms with Crippen molar-refractivity contribution in [3.63, 3.8) is 0 Å². The molecular weight excluding hydrogens is 400 g/mol. The fraction of sp³-hybridized carbons (Fsp3) is 0.0952. The van der Waals surface area contributed by atoms with E-state index < -0.39 is 0 Å². The molecule has 0 bridgehead atoms. The Morgan fingerprint density at radius 1 is 1.00 bits per heavy atom. The van der Waals surface area contributed by atoms with E-state index in [1.807, 2.05) is 41.8 Å². The van der Waals surface area contributed by atoms with Crippen LogP contribution >= 0.6 is 22.7 Å². The Morgan fingerprint density at radius 2 is 1.90 bits per heavy atom. The molecule has 5 rings (SSSR count). The molecule has 0 atom stereocenters. The van der Waals surface area contributed by atoms with Crippen molar-refractivity contribution in [1.82, 2.24) is 19.7 Å². The van der Waals surface area contributed by atoms with Gasteiger partial charge in [0.15, 0.2) is 5.65 Å². The lowest BCUT2D eigenvalue weighted by Gasteiger charge is -2.07. The Bertz CT molecular complexity index is 1230. The number of hydrogen-bond acceptors (Lipinski definition) is 7. The lowest BCUT2D eigenvalue weighted by Crippen LogP contribution is -2.08. The zero-order chi connectivity index (χ0) is 19.6. The fourth-order valence-corrected chi connectivity index (χ4v) is 4.57. The van der Waals surface area contributed by atoms with Gasteiger partial charge in [0.25, 0.3) is 0 Å². The molecule has 144 valence electrons. The number of nitrogens with one attached hydrogen (secondary N) is 1. The molecule has 8 heteroatoms. The number of nitrogen functional groups attached to an aromatic ring is 1. The number of benzene rings is 1. The molecule has 0 aliphatic heterocycles. The van der Waals surface area contributed by atoms with Gasteiger partial charge in [-0.05, 0) is 41.4 Å². The standard InChI is InChI=1S/C21H18N6S2/c22-19-17-18(14-9-12-28-13-14)24-21(23-10-8-16-7-4-11-29-16)25-20(17)26-27(19)15-5-2-1-3-6-15/h1-7,9,11-13H,8,10,22H2,(H,23,25,26). The minimum absolute atomic E-state index is 0.539. The number of hydrogen-bond donors (Lipinski definition) is 2. The molecule has 0 amide bonds. The van der Waals surface area contributed by atoms with E-state index in [0.29, 0.717) is 17.4 Å². The maximum Gasteiger partial charge on any atom is 0.225 e. The first-order valence-electron chi connectivity index (χ1n) is 9.20. The van der Waals surface area contributed by atoms with Crippen LogP contribution in [0.5, 0.6) is 0 Å². The van der Waals surface area contributed by atoms with Crippen LogP contribution in [0, 0.1) is 0 Å². The predicted molar refractivity (Wildman–Crippen MR) is 121 cm³/mol. The van der Waals surface area contributed by atoms with Crippen molar-refractivity contribution in [3.8, 4) is 16.9 Å². The second-order valence-electron chi connectivity index (χ2n) is 6.50. The molecule has 0 aliphatic rings. The normalized spacial score (nSPS) is 11.2. The molecule has 0 spiro atoms. The summed E-state index contributed by atoms with van der Waals surface area (Å²) in [6.45, 7) is 0.754. The van der Waals surface area contributed by atoms with E-state index >= 15 is 0 Å². The summed E-state index contributed by atoms with van der Waals surface area (Å²) >= 11 is 3.38. The van der Waals surface area contributed by atoms with Gasteiger partial charge in [0.2, 0.25) is 5.95 Å². The number of para-hydroxylation sites is 1. The summed E-state index contributed by atoms with van der Waals surface area (Å²) in [5.41, 5.74) is 9.79. The molecule has 29 heavy (non-hydrogen) atoms. The molecule has 0 aliphatic carbocycles. The van der Waals surface area contributed by atoms with E-state index in [1.54, 1.807) is 27.4 Å². The highest BCUT2D eigenvalue weighted by molar-refractivity contribution is 7.09. The number of fused-ring (bicyclic) bond motifs is 1. The average Bonchev–Trinajstić information content (AvgIpc) is 3.50. The van der Waals surface area contributed by atoms with Crippen LogP contribution in [0.2, 0.25) is 0 Å². The summed E-state index contributed by atoms with van der Waals surface area (Å²) < 4.78 is 1.73. The van der Waals surface area contributed by atoms with E-state index in [0.717, 1.165) is 35.3 Å². The molecule has 0 unspecified atom stereocenters. The Hall–Kier alpha value is -3.23. The molecular formula is C21H18N6S2. The molecule has 0 saturated heterocycles. The van der Waals surface area contributed by atoms with Crippen LogP contribution in [0.1, 0.15) is 4.88 Å². The highest BCUT2D eigenvalue weighted by Gasteiger charge is 2.19. The maximum atomic E-state index is 6.50. The maximum absolute atomic E-state index is 6.50. The SMILES string of the molecule is Nc1c2c(-c3ccsc3)nc(NCCc3cccs3)nc2nn1-c1ccccc1. The summed E-state index contributed by atoms with van der Waals surface area (Å²) in [6.07, 6.45) is 0.924. The van der Waals surface area contributed by atoms with E-state index in [2.05, 4.69) is 38.3 Å². The van der Waals surface area contributed by atoms with Crippen molar-refractivity contribution in [2.45, 2.75) is 6.42 Å². The van der Waals surface area contributed by atoms with Crippen LogP contribution in [-0.4, -0.2) is 26.3 Å². The van der Waals surface area contributed by atoms with Gasteiger partial charge in [-0.15, -0.1) is 16.4 Å². The first-order valence-corrected chi connectivity index (χ1v) is 11.0. The van der Waals surface area contributed by atoms with Crippen LogP contribution in [-0.2, 0) is 6.42 Å². The van der Waals surface area contributed by atoms with E-state index in [4.69, 9.17) is 10.7 Å². The lowest BCUT2D eigenvalue weighted by molar-refractivity contribution is 0.899. The van der Waals surface area contributed by atoms with Gasteiger partial charge in [0.1, 0.15) is 5.82 Å². The molecule has 1 aromatic carbocycles. The smallest absolute Gasteiger partial charge is 0.225 e. The summed E-state index contributed by atoms with van der Waals surface area (Å²) in [7, 11) is 0. The second-order valence-corrected chi connectivity index (χ2v) is 8.31. The van der Waals surface area contributed by atoms with Crippen LogP contribution < -0.4 is 11.1 Å². The monoisotopic (exact) mass is 418 g/mol. The zero-order valence-electron chi connectivity index (χ0n) is 15.4. The number of anilines is 2. The Morgan fingerprint density at radius 3 is 2.66 bits per heavy atom. The quantitative estimate of drug-likeness (QED) is 0.412. The Balaban J connectivity index is 1.57. The van der Waals surface area contributed by atoms with Crippen LogP contribution in [0.25, 0.3) is 28.0 Å². The Labute approximate surface area is 175 Å². The molecule has 3 N–H and O–H groups in total. The van der Waals surface area contributed by atoms with Gasteiger partial charge in [0, 0.05) is 22.4 Å². The lowest BCUT2D eigenvalue weighted by atomic mass is 10.1. The number of rotatable bonds is 6. The summed E-state index contributed by atoms with van der Waals surface area (Å²) in [4.78, 5) is 10.8. The molecule has 0 saturated carbocycles. The number of nitrogens with zero attached hydrogens (tertiary/aromatic N) is 4. The van der Waals surface area contributed by atoms with Gasteiger partial charge in [-0.1, -0.05) is 24.3 Å². The molecule has 4 aromatic heterocycles. The van der Waals surface area contributed by atoms with Gasteiger partial charge >= 0.3 is 0 Å². The van der Waals surface area contributed by atoms with E-state index in [1.165, 1.54) is 4.88 Å². The third-order valence-electron chi connectivity index (χ3n) is 4.60. The van der Waals surface area contributed by atoms with Crippen LogP contribution in [0.4, 0.5) is 11.8 Å².